The van der Waals surface area contributed by atoms with Gasteiger partial charge in [0.15, 0.2) is 0 Å². The molecule has 0 aromatic carbocycles. The fourth-order valence-electron chi connectivity index (χ4n) is 0.398. The maximum absolute atomic E-state index is 5.94. The summed E-state index contributed by atoms with van der Waals surface area (Å²) in [6.45, 7) is 0. The Labute approximate surface area is 62.4 Å². The summed E-state index contributed by atoms with van der Waals surface area (Å²) in [4.78, 5) is 0. The van der Waals surface area contributed by atoms with Crippen LogP contribution in [0.4, 0.5) is 0 Å². The third kappa shape index (κ3) is 6.93. The van der Waals surface area contributed by atoms with Crippen LogP contribution < -0.4 is 0 Å². The predicted molar refractivity (Wildman–Crippen MR) is 45.5 cm³/mol. The molecule has 0 saturated carbocycles. The van der Waals surface area contributed by atoms with E-state index in [0.717, 1.165) is 18.1 Å². The molecule has 0 saturated heterocycles. The Morgan fingerprint density at radius 3 is 2.00 bits per heavy atom. The first-order valence-corrected chi connectivity index (χ1v) is 6.51. The van der Waals surface area contributed by atoms with Crippen molar-refractivity contribution >= 4 is 31.5 Å². The molecule has 0 aliphatic heterocycles. The number of hydrogen-bond acceptors (Lipinski definition) is 0. The van der Waals surface area contributed by atoms with Crippen molar-refractivity contribution < 1.29 is 0 Å². The van der Waals surface area contributed by atoms with Gasteiger partial charge in [0.1, 0.15) is 0 Å². The standard InChI is InChI=1S/C5H12Cl2S/c1-8(2,7)5-3-4-6/h3-5H2,1-2H3. The van der Waals surface area contributed by atoms with Crippen molar-refractivity contribution in [1.82, 2.24) is 0 Å². The molecule has 0 heterocycles. The number of rotatable bonds is 3. The van der Waals surface area contributed by atoms with Crippen LogP contribution in [0.3, 0.4) is 0 Å². The summed E-state index contributed by atoms with van der Waals surface area (Å²) >= 11 is 5.46. The highest BCUT2D eigenvalue weighted by molar-refractivity contribution is 8.50. The molecule has 0 rings (SSSR count). The van der Waals surface area contributed by atoms with Gasteiger partial charge in [-0.2, -0.15) is 9.24 Å². The average molecular weight is 175 g/mol. The van der Waals surface area contributed by atoms with Crippen LogP contribution in [0.15, 0.2) is 0 Å². The van der Waals surface area contributed by atoms with Crippen LogP contribution in [0.25, 0.3) is 0 Å². The molecule has 3 heteroatoms. The lowest BCUT2D eigenvalue weighted by Crippen LogP contribution is -1.93. The number of hydrogen-bond donors (Lipinski definition) is 0. The second-order valence-corrected chi connectivity index (χ2v) is 8.25. The smallest absolute Gasteiger partial charge is 0.0231 e. The molecule has 0 atom stereocenters. The van der Waals surface area contributed by atoms with Gasteiger partial charge in [0.25, 0.3) is 0 Å². The van der Waals surface area contributed by atoms with E-state index in [2.05, 4.69) is 12.5 Å². The molecule has 8 heavy (non-hydrogen) atoms. The molecular weight excluding hydrogens is 163 g/mol. The minimum absolute atomic E-state index is 0.739. The maximum atomic E-state index is 5.94. The molecule has 0 amide bonds. The van der Waals surface area contributed by atoms with Crippen molar-refractivity contribution in [2.45, 2.75) is 6.42 Å². The lowest BCUT2D eigenvalue weighted by molar-refractivity contribution is 1.11. The zero-order chi connectivity index (χ0) is 6.62. The van der Waals surface area contributed by atoms with Gasteiger partial charge in [0, 0.05) is 5.88 Å². The Morgan fingerprint density at radius 2 is 1.88 bits per heavy atom. The van der Waals surface area contributed by atoms with Gasteiger partial charge in [-0.3, -0.25) is 0 Å². The van der Waals surface area contributed by atoms with Crippen molar-refractivity contribution in [2.75, 3.05) is 24.1 Å². The predicted octanol–water partition coefficient (Wildman–Crippen LogP) is 2.83. The molecule has 0 bridgehead atoms. The molecule has 0 nitrogen and oxygen atoms in total. The molecule has 0 unspecified atom stereocenters. The van der Waals surface area contributed by atoms with Crippen LogP contribution in [0.1, 0.15) is 6.42 Å². The van der Waals surface area contributed by atoms with E-state index < -0.39 is 9.24 Å². The van der Waals surface area contributed by atoms with Gasteiger partial charge in [0.05, 0.1) is 0 Å². The van der Waals surface area contributed by atoms with Gasteiger partial charge in [-0.1, -0.05) is 10.7 Å². The first kappa shape index (κ1) is 8.93. The largest absolute Gasteiger partial charge is 0.169 e. The van der Waals surface area contributed by atoms with E-state index in [0.29, 0.717) is 0 Å². The van der Waals surface area contributed by atoms with E-state index >= 15 is 0 Å². The van der Waals surface area contributed by atoms with E-state index in [-0.39, 0.29) is 0 Å². The zero-order valence-electron chi connectivity index (χ0n) is 5.29. The Kier molecular flexibility index (Phi) is 4.31. The van der Waals surface area contributed by atoms with Crippen LogP contribution in [-0.2, 0) is 0 Å². The van der Waals surface area contributed by atoms with Crippen LogP contribution in [-0.4, -0.2) is 24.1 Å². The summed E-state index contributed by atoms with van der Waals surface area (Å²) in [5.41, 5.74) is 0. The number of halogens is 2. The highest BCUT2D eigenvalue weighted by Crippen LogP contribution is 2.45. The van der Waals surface area contributed by atoms with Gasteiger partial charge in [0.2, 0.25) is 0 Å². The lowest BCUT2D eigenvalue weighted by atomic mass is 10.6. The van der Waals surface area contributed by atoms with Crippen molar-refractivity contribution in [1.29, 1.82) is 0 Å². The van der Waals surface area contributed by atoms with Crippen molar-refractivity contribution in [2.24, 2.45) is 0 Å². The molecule has 0 aliphatic rings. The third-order valence-electron chi connectivity index (χ3n) is 0.763. The maximum Gasteiger partial charge on any atom is 0.0231 e. The average Bonchev–Trinajstić information content (AvgIpc) is 1.59. The Hall–Kier alpha value is 0.930. The monoisotopic (exact) mass is 174 g/mol. The third-order valence-corrected chi connectivity index (χ3v) is 2.75. The van der Waals surface area contributed by atoms with Gasteiger partial charge in [-0.15, -0.1) is 11.6 Å². The minimum Gasteiger partial charge on any atom is -0.169 e. The molecule has 0 radical (unpaired) electrons. The second kappa shape index (κ2) is 3.86. The SMILES string of the molecule is CS(C)(Cl)CCCCl. The molecule has 0 aromatic rings. The van der Waals surface area contributed by atoms with Crippen molar-refractivity contribution in [3.8, 4) is 0 Å². The fourth-order valence-corrected chi connectivity index (χ4v) is 1.85. The van der Waals surface area contributed by atoms with E-state index in [9.17, 15) is 0 Å². The van der Waals surface area contributed by atoms with Crippen molar-refractivity contribution in [3.63, 3.8) is 0 Å². The second-order valence-electron chi connectivity index (χ2n) is 2.15. The summed E-state index contributed by atoms with van der Waals surface area (Å²) in [6, 6.07) is 0. The molecule has 0 spiro atoms. The van der Waals surface area contributed by atoms with E-state index in [1.165, 1.54) is 0 Å². The van der Waals surface area contributed by atoms with Crippen molar-refractivity contribution in [3.05, 3.63) is 0 Å². The fraction of sp³-hybridized carbons (Fsp3) is 1.00. The summed E-state index contributed by atoms with van der Waals surface area (Å²) in [7, 11) is 5.14. The molecular formula is C5H12Cl2S. The summed E-state index contributed by atoms with van der Waals surface area (Å²) < 4.78 is 0. The lowest BCUT2D eigenvalue weighted by Gasteiger charge is -2.20. The van der Waals surface area contributed by atoms with Crippen LogP contribution >= 0.6 is 31.5 Å². The minimum atomic E-state index is -0.798. The highest BCUT2D eigenvalue weighted by atomic mass is 35.7. The number of alkyl halides is 1. The molecule has 0 aromatic heterocycles. The first-order valence-electron chi connectivity index (χ1n) is 2.53. The quantitative estimate of drug-likeness (QED) is 0.578. The Bertz CT molecular complexity index is 57.9. The summed E-state index contributed by atoms with van der Waals surface area (Å²) in [6.07, 6.45) is 5.22. The van der Waals surface area contributed by atoms with E-state index in [4.69, 9.17) is 22.3 Å². The van der Waals surface area contributed by atoms with Gasteiger partial charge in [-0.05, 0) is 24.7 Å². The molecule has 0 fully saturated rings. The Balaban J connectivity index is 3.11. The highest BCUT2D eigenvalue weighted by Gasteiger charge is 2.03. The summed E-state index contributed by atoms with van der Waals surface area (Å²) in [5, 5.41) is 0. The Morgan fingerprint density at radius 1 is 1.38 bits per heavy atom. The zero-order valence-corrected chi connectivity index (χ0v) is 7.61. The van der Waals surface area contributed by atoms with Gasteiger partial charge >= 0.3 is 0 Å². The molecule has 0 aliphatic carbocycles. The molecule has 0 N–H and O–H groups in total. The van der Waals surface area contributed by atoms with E-state index in [1.807, 2.05) is 0 Å². The van der Waals surface area contributed by atoms with Crippen LogP contribution in [0.5, 0.6) is 0 Å². The van der Waals surface area contributed by atoms with Crippen LogP contribution in [0.2, 0.25) is 0 Å². The van der Waals surface area contributed by atoms with Crippen LogP contribution in [0, 0.1) is 0 Å². The first-order chi connectivity index (χ1) is 3.56. The van der Waals surface area contributed by atoms with E-state index in [1.54, 1.807) is 0 Å². The van der Waals surface area contributed by atoms with Gasteiger partial charge in [-0.25, -0.2) is 0 Å². The van der Waals surface area contributed by atoms with Gasteiger partial charge < -0.3 is 0 Å². The molecule has 52 valence electrons. The normalized spacial score (nSPS) is 14.0. The summed E-state index contributed by atoms with van der Waals surface area (Å²) in [5.74, 6) is 1.82. The topological polar surface area (TPSA) is 0 Å².